The maximum absolute atomic E-state index is 12.6. The summed E-state index contributed by atoms with van der Waals surface area (Å²) in [4.78, 5) is 19.7. The lowest BCUT2D eigenvalue weighted by atomic mass is 10.0. The standard InChI is InChI=1S/C20H22ClN7OS.ClH/c21-17-4-3-16(30-17)20(29)26-13-2-1-7-27(10-13)15-8-14(12-5-6-23-9-12)28-18(15)19(22)24-11-25-28;/h3-5,8,11,13,23H,1-2,6-7,9-10H2,(H,26,29)(H2,22,24,25);1H. The number of nitrogen functional groups attached to an aromatic ring is 1. The first-order valence-electron chi connectivity index (χ1n) is 9.93. The van der Waals surface area contributed by atoms with Crippen molar-refractivity contribution in [3.05, 3.63) is 45.5 Å². The van der Waals surface area contributed by atoms with Crippen LogP contribution >= 0.6 is 35.3 Å². The van der Waals surface area contributed by atoms with Crippen LogP contribution in [-0.4, -0.2) is 52.7 Å². The van der Waals surface area contributed by atoms with Crippen LogP contribution in [0.15, 0.2) is 30.6 Å². The molecule has 4 N–H and O–H groups in total. The number of nitrogens with two attached hydrogens (primary N) is 1. The molecule has 0 radical (unpaired) electrons. The molecular formula is C20H23Cl2N7OS. The van der Waals surface area contributed by atoms with Gasteiger partial charge in [-0.15, -0.1) is 23.7 Å². The quantitative estimate of drug-likeness (QED) is 0.531. The van der Waals surface area contributed by atoms with Gasteiger partial charge in [-0.05, 0) is 36.6 Å². The lowest BCUT2D eigenvalue weighted by Gasteiger charge is -2.34. The Kier molecular flexibility index (Phi) is 6.38. The molecule has 8 nitrogen and oxygen atoms in total. The highest BCUT2D eigenvalue weighted by atomic mass is 35.5. The van der Waals surface area contributed by atoms with E-state index in [1.807, 2.05) is 4.52 Å². The average molecular weight is 480 g/mol. The predicted molar refractivity (Wildman–Crippen MR) is 128 cm³/mol. The van der Waals surface area contributed by atoms with Crippen LogP contribution in [0.5, 0.6) is 0 Å². The number of amides is 1. The van der Waals surface area contributed by atoms with Crippen LogP contribution in [0, 0.1) is 0 Å². The van der Waals surface area contributed by atoms with Gasteiger partial charge >= 0.3 is 0 Å². The number of hydrogen-bond acceptors (Lipinski definition) is 7. The van der Waals surface area contributed by atoms with Crippen molar-refractivity contribution >= 4 is 63.8 Å². The molecule has 0 aromatic carbocycles. The molecule has 5 heterocycles. The number of aromatic nitrogens is 3. The third-order valence-electron chi connectivity index (χ3n) is 5.59. The van der Waals surface area contributed by atoms with Crippen LogP contribution in [0.4, 0.5) is 11.5 Å². The molecule has 0 saturated carbocycles. The maximum Gasteiger partial charge on any atom is 0.261 e. The number of thiophene rings is 1. The van der Waals surface area contributed by atoms with E-state index in [0.717, 1.165) is 49.4 Å². The van der Waals surface area contributed by atoms with E-state index in [4.69, 9.17) is 17.3 Å². The number of halogens is 2. The Labute approximate surface area is 194 Å². The van der Waals surface area contributed by atoms with Gasteiger partial charge in [0.15, 0.2) is 5.82 Å². The van der Waals surface area contributed by atoms with Crippen molar-refractivity contribution in [2.75, 3.05) is 36.8 Å². The first kappa shape index (κ1) is 21.9. The minimum atomic E-state index is -0.0776. The second kappa shape index (κ2) is 9.04. The number of nitrogens with one attached hydrogen (secondary N) is 2. The normalized spacial score (nSPS) is 18.7. The second-order valence-electron chi connectivity index (χ2n) is 7.54. The summed E-state index contributed by atoms with van der Waals surface area (Å²) in [6, 6.07) is 5.70. The highest BCUT2D eigenvalue weighted by Crippen LogP contribution is 2.34. The summed E-state index contributed by atoms with van der Waals surface area (Å²) in [6.07, 6.45) is 5.57. The lowest BCUT2D eigenvalue weighted by molar-refractivity contribution is 0.0937. The number of anilines is 2. The molecule has 0 bridgehead atoms. The fourth-order valence-corrected chi connectivity index (χ4v) is 5.14. The van der Waals surface area contributed by atoms with Crippen molar-refractivity contribution in [2.45, 2.75) is 18.9 Å². The van der Waals surface area contributed by atoms with Crippen molar-refractivity contribution in [2.24, 2.45) is 0 Å². The Hall–Kier alpha value is -2.33. The summed E-state index contributed by atoms with van der Waals surface area (Å²) < 4.78 is 2.50. The maximum atomic E-state index is 12.6. The first-order valence-corrected chi connectivity index (χ1v) is 11.1. The van der Waals surface area contributed by atoms with Gasteiger partial charge in [-0.3, -0.25) is 4.79 Å². The van der Waals surface area contributed by atoms with Crippen molar-refractivity contribution in [3.8, 4) is 0 Å². The molecule has 1 fully saturated rings. The van der Waals surface area contributed by atoms with Gasteiger partial charge in [-0.1, -0.05) is 17.7 Å². The van der Waals surface area contributed by atoms with Crippen LogP contribution in [0.1, 0.15) is 28.2 Å². The topological polar surface area (TPSA) is 101 Å². The van der Waals surface area contributed by atoms with Crippen LogP contribution < -0.4 is 21.3 Å². The van der Waals surface area contributed by atoms with E-state index in [2.05, 4.69) is 37.8 Å². The highest BCUT2D eigenvalue weighted by Gasteiger charge is 2.27. The largest absolute Gasteiger partial charge is 0.382 e. The van der Waals surface area contributed by atoms with Gasteiger partial charge in [-0.25, -0.2) is 9.50 Å². The van der Waals surface area contributed by atoms with Gasteiger partial charge < -0.3 is 21.3 Å². The van der Waals surface area contributed by atoms with Crippen molar-refractivity contribution in [1.82, 2.24) is 25.2 Å². The Morgan fingerprint density at radius 3 is 3.00 bits per heavy atom. The number of rotatable bonds is 4. The third-order valence-corrected chi connectivity index (χ3v) is 6.82. The van der Waals surface area contributed by atoms with Gasteiger partial charge in [0.25, 0.3) is 5.91 Å². The highest BCUT2D eigenvalue weighted by molar-refractivity contribution is 7.18. The molecule has 164 valence electrons. The van der Waals surface area contributed by atoms with Gasteiger partial charge in [0, 0.05) is 32.2 Å². The predicted octanol–water partition coefficient (Wildman–Crippen LogP) is 2.83. The van der Waals surface area contributed by atoms with Gasteiger partial charge in [0.1, 0.15) is 11.8 Å². The second-order valence-corrected chi connectivity index (χ2v) is 9.26. The average Bonchev–Trinajstić information content (AvgIpc) is 3.48. The Morgan fingerprint density at radius 1 is 1.39 bits per heavy atom. The number of piperidine rings is 1. The van der Waals surface area contributed by atoms with E-state index < -0.39 is 0 Å². The number of hydrogen-bond donors (Lipinski definition) is 3. The third kappa shape index (κ3) is 4.23. The van der Waals surface area contributed by atoms with Crippen LogP contribution in [0.25, 0.3) is 11.1 Å². The monoisotopic (exact) mass is 479 g/mol. The Morgan fingerprint density at radius 2 is 2.26 bits per heavy atom. The van der Waals surface area contributed by atoms with Crippen molar-refractivity contribution in [1.29, 1.82) is 0 Å². The zero-order chi connectivity index (χ0) is 20.7. The number of carbonyl (C=O) groups is 1. The molecule has 5 rings (SSSR count). The minimum Gasteiger partial charge on any atom is -0.382 e. The zero-order valence-corrected chi connectivity index (χ0v) is 19.1. The summed E-state index contributed by atoms with van der Waals surface area (Å²) in [6.45, 7) is 3.25. The summed E-state index contributed by atoms with van der Waals surface area (Å²) in [5, 5.41) is 10.9. The molecule has 1 unspecified atom stereocenters. The van der Waals surface area contributed by atoms with Crippen molar-refractivity contribution in [3.63, 3.8) is 0 Å². The SMILES string of the molecule is Cl.Nc1ncnn2c(C3=CCNC3)cc(N3CCCC(NC(=O)c4ccc(Cl)s4)C3)c12. The molecule has 1 saturated heterocycles. The molecule has 31 heavy (non-hydrogen) atoms. The minimum absolute atomic E-state index is 0. The van der Waals surface area contributed by atoms with Crippen molar-refractivity contribution < 1.29 is 4.79 Å². The Balaban J connectivity index is 0.00000231. The van der Waals surface area contributed by atoms with Crippen LogP contribution in [0.3, 0.4) is 0 Å². The smallest absolute Gasteiger partial charge is 0.261 e. The molecule has 1 atom stereocenters. The van der Waals surface area contributed by atoms with E-state index in [9.17, 15) is 4.79 Å². The summed E-state index contributed by atoms with van der Waals surface area (Å²) in [7, 11) is 0. The summed E-state index contributed by atoms with van der Waals surface area (Å²) in [5.41, 5.74) is 10.3. The molecular weight excluding hydrogens is 457 g/mol. The number of carbonyl (C=O) groups excluding carboxylic acids is 1. The Bertz CT molecular complexity index is 1140. The molecule has 2 aliphatic heterocycles. The fourth-order valence-electron chi connectivity index (χ4n) is 4.19. The van der Waals surface area contributed by atoms with E-state index in [1.54, 1.807) is 12.1 Å². The molecule has 0 spiro atoms. The van der Waals surface area contributed by atoms with Gasteiger partial charge in [0.2, 0.25) is 0 Å². The van der Waals surface area contributed by atoms with Gasteiger partial charge in [0.05, 0.1) is 20.6 Å². The van der Waals surface area contributed by atoms with Crippen LogP contribution in [0.2, 0.25) is 4.34 Å². The van der Waals surface area contributed by atoms with Gasteiger partial charge in [-0.2, -0.15) is 5.10 Å². The molecule has 0 aliphatic carbocycles. The first-order chi connectivity index (χ1) is 14.6. The molecule has 3 aromatic rings. The lowest BCUT2D eigenvalue weighted by Crippen LogP contribution is -2.47. The molecule has 11 heteroatoms. The summed E-state index contributed by atoms with van der Waals surface area (Å²) in [5.74, 6) is 0.378. The molecule has 3 aromatic heterocycles. The zero-order valence-electron chi connectivity index (χ0n) is 16.7. The summed E-state index contributed by atoms with van der Waals surface area (Å²) >= 11 is 7.27. The number of nitrogens with zero attached hydrogens (tertiary/aromatic N) is 4. The number of fused-ring (bicyclic) bond motifs is 1. The van der Waals surface area contributed by atoms with E-state index >= 15 is 0 Å². The van der Waals surface area contributed by atoms with E-state index in [1.165, 1.54) is 23.2 Å². The van der Waals surface area contributed by atoms with E-state index in [0.29, 0.717) is 21.6 Å². The fraction of sp³-hybridized carbons (Fsp3) is 0.350. The molecule has 2 aliphatic rings. The molecule has 1 amide bonds. The van der Waals surface area contributed by atoms with Crippen LogP contribution in [-0.2, 0) is 0 Å². The van der Waals surface area contributed by atoms with E-state index in [-0.39, 0.29) is 24.4 Å².